The molecule has 1 fully saturated rings. The van der Waals surface area contributed by atoms with Crippen LogP contribution in [0.3, 0.4) is 0 Å². The minimum absolute atomic E-state index is 0.0773. The SMILES string of the molecule is CCNC1CCOCC1N(CC(F)(F)F)C(C)C. The van der Waals surface area contributed by atoms with Gasteiger partial charge in [0.25, 0.3) is 0 Å². The fourth-order valence-electron chi connectivity index (χ4n) is 2.44. The Morgan fingerprint density at radius 3 is 2.56 bits per heavy atom. The predicted molar refractivity (Wildman–Crippen MR) is 64.6 cm³/mol. The van der Waals surface area contributed by atoms with Crippen LogP contribution in [-0.4, -0.2) is 55.5 Å². The summed E-state index contributed by atoms with van der Waals surface area (Å²) in [6.07, 6.45) is -3.40. The van der Waals surface area contributed by atoms with Crippen LogP contribution in [0.25, 0.3) is 0 Å². The molecule has 0 aromatic carbocycles. The van der Waals surface area contributed by atoms with E-state index in [2.05, 4.69) is 5.32 Å². The molecule has 0 amide bonds. The number of hydrogen-bond donors (Lipinski definition) is 1. The van der Waals surface area contributed by atoms with E-state index in [0.717, 1.165) is 13.0 Å². The molecule has 0 radical (unpaired) electrons. The van der Waals surface area contributed by atoms with Crippen molar-refractivity contribution in [3.63, 3.8) is 0 Å². The number of halogens is 3. The molecular weight excluding hydrogens is 245 g/mol. The topological polar surface area (TPSA) is 24.5 Å². The third-order valence-electron chi connectivity index (χ3n) is 3.24. The van der Waals surface area contributed by atoms with Crippen LogP contribution in [0.15, 0.2) is 0 Å². The highest BCUT2D eigenvalue weighted by atomic mass is 19.4. The van der Waals surface area contributed by atoms with Crippen LogP contribution < -0.4 is 5.32 Å². The number of nitrogens with zero attached hydrogens (tertiary/aromatic N) is 1. The van der Waals surface area contributed by atoms with Crippen molar-refractivity contribution in [1.82, 2.24) is 10.2 Å². The lowest BCUT2D eigenvalue weighted by molar-refractivity contribution is -0.163. The van der Waals surface area contributed by atoms with Gasteiger partial charge in [-0.15, -0.1) is 0 Å². The van der Waals surface area contributed by atoms with E-state index in [1.54, 1.807) is 13.8 Å². The summed E-state index contributed by atoms with van der Waals surface area (Å²) in [7, 11) is 0. The second-order valence-corrected chi connectivity index (χ2v) is 4.98. The van der Waals surface area contributed by atoms with Crippen molar-refractivity contribution in [3.05, 3.63) is 0 Å². The molecule has 1 rings (SSSR count). The Balaban J connectivity index is 2.75. The van der Waals surface area contributed by atoms with Crippen molar-refractivity contribution in [3.8, 4) is 0 Å². The van der Waals surface area contributed by atoms with Crippen molar-refractivity contribution in [2.45, 2.75) is 51.5 Å². The molecule has 0 aromatic heterocycles. The Morgan fingerprint density at radius 1 is 1.39 bits per heavy atom. The standard InChI is InChI=1S/C12H23F3N2O/c1-4-16-10-5-6-18-7-11(10)17(9(2)3)8-12(13,14)15/h9-11,16H,4-8H2,1-3H3. The van der Waals surface area contributed by atoms with Crippen LogP contribution in [-0.2, 0) is 4.74 Å². The van der Waals surface area contributed by atoms with Gasteiger partial charge in [0, 0.05) is 24.7 Å². The molecule has 1 aliphatic heterocycles. The van der Waals surface area contributed by atoms with Gasteiger partial charge in [0.1, 0.15) is 0 Å². The molecule has 1 heterocycles. The van der Waals surface area contributed by atoms with Gasteiger partial charge in [0.15, 0.2) is 0 Å². The van der Waals surface area contributed by atoms with Gasteiger partial charge in [-0.2, -0.15) is 13.2 Å². The second kappa shape index (κ2) is 6.73. The zero-order valence-electron chi connectivity index (χ0n) is 11.3. The van der Waals surface area contributed by atoms with Crippen LogP contribution in [0.4, 0.5) is 13.2 Å². The summed E-state index contributed by atoms with van der Waals surface area (Å²) in [5, 5.41) is 3.27. The van der Waals surface area contributed by atoms with Crippen molar-refractivity contribution >= 4 is 0 Å². The fourth-order valence-corrected chi connectivity index (χ4v) is 2.44. The number of hydrogen-bond acceptors (Lipinski definition) is 3. The molecule has 108 valence electrons. The summed E-state index contributed by atoms with van der Waals surface area (Å²) >= 11 is 0. The highest BCUT2D eigenvalue weighted by molar-refractivity contribution is 4.89. The quantitative estimate of drug-likeness (QED) is 0.825. The summed E-state index contributed by atoms with van der Waals surface area (Å²) in [4.78, 5) is 1.49. The van der Waals surface area contributed by atoms with Crippen molar-refractivity contribution in [1.29, 1.82) is 0 Å². The van der Waals surface area contributed by atoms with Crippen LogP contribution >= 0.6 is 0 Å². The van der Waals surface area contributed by atoms with Gasteiger partial charge in [-0.3, -0.25) is 4.90 Å². The molecule has 2 atom stereocenters. The first-order valence-electron chi connectivity index (χ1n) is 6.48. The lowest BCUT2D eigenvalue weighted by Gasteiger charge is -2.42. The predicted octanol–water partition coefficient (Wildman–Crippen LogP) is 2.03. The van der Waals surface area contributed by atoms with Gasteiger partial charge >= 0.3 is 6.18 Å². The molecule has 1 aliphatic rings. The van der Waals surface area contributed by atoms with Gasteiger partial charge in [-0.25, -0.2) is 0 Å². The van der Waals surface area contributed by atoms with Gasteiger partial charge in [0.2, 0.25) is 0 Å². The van der Waals surface area contributed by atoms with Crippen LogP contribution in [0.1, 0.15) is 27.2 Å². The Bertz CT molecular complexity index is 244. The molecule has 0 spiro atoms. The van der Waals surface area contributed by atoms with Crippen molar-refractivity contribution in [2.24, 2.45) is 0 Å². The first kappa shape index (κ1) is 15.7. The molecular formula is C12H23F3N2O. The first-order chi connectivity index (χ1) is 8.35. The van der Waals surface area contributed by atoms with Gasteiger partial charge in [0.05, 0.1) is 13.2 Å². The van der Waals surface area contributed by atoms with E-state index in [1.807, 2.05) is 6.92 Å². The number of likely N-dealkylation sites (N-methyl/N-ethyl adjacent to an activating group) is 1. The maximum atomic E-state index is 12.6. The molecule has 18 heavy (non-hydrogen) atoms. The molecule has 0 bridgehead atoms. The second-order valence-electron chi connectivity index (χ2n) is 4.98. The Hall–Kier alpha value is -0.330. The lowest BCUT2D eigenvalue weighted by Crippen LogP contribution is -2.59. The van der Waals surface area contributed by atoms with Crippen molar-refractivity contribution < 1.29 is 17.9 Å². The van der Waals surface area contributed by atoms with E-state index in [1.165, 1.54) is 4.90 Å². The number of alkyl halides is 3. The average molecular weight is 268 g/mol. The Morgan fingerprint density at radius 2 is 2.06 bits per heavy atom. The van der Waals surface area contributed by atoms with E-state index in [9.17, 15) is 13.2 Å². The summed E-state index contributed by atoms with van der Waals surface area (Å²) in [5.74, 6) is 0. The maximum Gasteiger partial charge on any atom is 0.401 e. The molecule has 0 saturated carbocycles. The molecule has 6 heteroatoms. The minimum Gasteiger partial charge on any atom is -0.380 e. The van der Waals surface area contributed by atoms with Crippen LogP contribution in [0, 0.1) is 0 Å². The molecule has 3 nitrogen and oxygen atoms in total. The van der Waals surface area contributed by atoms with E-state index in [4.69, 9.17) is 4.74 Å². The number of nitrogens with one attached hydrogen (secondary N) is 1. The monoisotopic (exact) mass is 268 g/mol. The molecule has 1 N–H and O–H groups in total. The summed E-state index contributed by atoms with van der Waals surface area (Å²) in [6, 6.07) is -0.284. The smallest absolute Gasteiger partial charge is 0.380 e. The number of ether oxygens (including phenoxy) is 1. The molecule has 2 unspecified atom stereocenters. The number of rotatable bonds is 5. The third-order valence-corrected chi connectivity index (χ3v) is 3.24. The first-order valence-corrected chi connectivity index (χ1v) is 6.48. The van der Waals surface area contributed by atoms with E-state index < -0.39 is 12.7 Å². The summed E-state index contributed by atoms with van der Waals surface area (Å²) < 4.78 is 43.2. The molecule has 1 saturated heterocycles. The average Bonchev–Trinajstić information content (AvgIpc) is 2.26. The van der Waals surface area contributed by atoms with Crippen LogP contribution in [0.2, 0.25) is 0 Å². The zero-order chi connectivity index (χ0) is 13.8. The summed E-state index contributed by atoms with van der Waals surface area (Å²) in [6.45, 7) is 6.43. The normalized spacial score (nSPS) is 26.0. The van der Waals surface area contributed by atoms with E-state index in [0.29, 0.717) is 13.2 Å². The highest BCUT2D eigenvalue weighted by Crippen LogP contribution is 2.23. The maximum absolute atomic E-state index is 12.6. The molecule has 0 aliphatic carbocycles. The lowest BCUT2D eigenvalue weighted by atomic mass is 10.00. The third kappa shape index (κ3) is 4.74. The van der Waals surface area contributed by atoms with Gasteiger partial charge in [-0.1, -0.05) is 6.92 Å². The largest absolute Gasteiger partial charge is 0.401 e. The Kier molecular flexibility index (Phi) is 5.88. The van der Waals surface area contributed by atoms with Gasteiger partial charge < -0.3 is 10.1 Å². The fraction of sp³-hybridized carbons (Fsp3) is 1.00. The van der Waals surface area contributed by atoms with Gasteiger partial charge in [-0.05, 0) is 26.8 Å². The van der Waals surface area contributed by atoms with Crippen molar-refractivity contribution in [2.75, 3.05) is 26.3 Å². The highest BCUT2D eigenvalue weighted by Gasteiger charge is 2.38. The van der Waals surface area contributed by atoms with E-state index in [-0.39, 0.29) is 18.1 Å². The van der Waals surface area contributed by atoms with Crippen LogP contribution in [0.5, 0.6) is 0 Å². The zero-order valence-corrected chi connectivity index (χ0v) is 11.3. The van der Waals surface area contributed by atoms with E-state index >= 15 is 0 Å². The molecule has 0 aromatic rings. The minimum atomic E-state index is -4.17. The Labute approximate surface area is 107 Å². The summed E-state index contributed by atoms with van der Waals surface area (Å²) in [5.41, 5.74) is 0.